The molecule has 0 fully saturated rings. The molecule has 0 atom stereocenters. The van der Waals surface area contributed by atoms with Gasteiger partial charge in [-0.15, -0.1) is 0 Å². The van der Waals surface area contributed by atoms with Crippen LogP contribution in [0.25, 0.3) is 16.9 Å². The quantitative estimate of drug-likeness (QED) is 0.601. The third-order valence-corrected chi connectivity index (χ3v) is 4.15. The summed E-state index contributed by atoms with van der Waals surface area (Å²) in [7, 11) is 0. The van der Waals surface area contributed by atoms with Gasteiger partial charge in [0.1, 0.15) is 0 Å². The second kappa shape index (κ2) is 4.80. The first-order chi connectivity index (χ1) is 9.47. The minimum absolute atomic E-state index is 0.565. The van der Waals surface area contributed by atoms with Gasteiger partial charge in [-0.2, -0.15) is 0 Å². The number of rotatable bonds is 1. The molecular formula is C16H14Cl2N2. The van der Waals surface area contributed by atoms with Crippen molar-refractivity contribution < 1.29 is 0 Å². The van der Waals surface area contributed by atoms with Crippen molar-refractivity contribution in [2.45, 2.75) is 20.8 Å². The molecule has 1 aromatic carbocycles. The van der Waals surface area contributed by atoms with E-state index in [9.17, 15) is 0 Å². The van der Waals surface area contributed by atoms with Crippen LogP contribution in [0.3, 0.4) is 0 Å². The van der Waals surface area contributed by atoms with Crippen molar-refractivity contribution in [3.05, 3.63) is 57.3 Å². The van der Waals surface area contributed by atoms with E-state index in [1.54, 1.807) is 6.07 Å². The van der Waals surface area contributed by atoms with Gasteiger partial charge in [0.15, 0.2) is 5.65 Å². The number of imidazole rings is 1. The summed E-state index contributed by atoms with van der Waals surface area (Å²) < 4.78 is 1.94. The summed E-state index contributed by atoms with van der Waals surface area (Å²) >= 11 is 12.3. The van der Waals surface area contributed by atoms with Gasteiger partial charge in [0, 0.05) is 17.5 Å². The molecule has 0 aliphatic heterocycles. The first-order valence-electron chi connectivity index (χ1n) is 6.38. The molecular weight excluding hydrogens is 291 g/mol. The third kappa shape index (κ3) is 2.09. The number of halogens is 2. The second-order valence-corrected chi connectivity index (χ2v) is 5.89. The highest BCUT2D eigenvalue weighted by Crippen LogP contribution is 2.30. The average molecular weight is 305 g/mol. The van der Waals surface area contributed by atoms with Crippen molar-refractivity contribution in [2.75, 3.05) is 0 Å². The lowest BCUT2D eigenvalue weighted by Crippen LogP contribution is -1.89. The molecule has 0 unspecified atom stereocenters. The minimum Gasteiger partial charge on any atom is -0.301 e. The Morgan fingerprint density at radius 2 is 1.75 bits per heavy atom. The normalized spacial score (nSPS) is 11.2. The first-order valence-corrected chi connectivity index (χ1v) is 7.14. The lowest BCUT2D eigenvalue weighted by atomic mass is 10.0. The van der Waals surface area contributed by atoms with E-state index in [0.29, 0.717) is 10.0 Å². The van der Waals surface area contributed by atoms with Crippen LogP contribution in [0, 0.1) is 20.8 Å². The van der Waals surface area contributed by atoms with Gasteiger partial charge in [-0.1, -0.05) is 35.3 Å². The number of hydrogen-bond donors (Lipinski definition) is 0. The lowest BCUT2D eigenvalue weighted by Gasteiger charge is -2.04. The summed E-state index contributed by atoms with van der Waals surface area (Å²) in [5.74, 6) is 0. The van der Waals surface area contributed by atoms with Crippen molar-refractivity contribution in [3.8, 4) is 11.3 Å². The van der Waals surface area contributed by atoms with Gasteiger partial charge in [-0.05, 0) is 44.0 Å². The van der Waals surface area contributed by atoms with Crippen LogP contribution in [-0.2, 0) is 0 Å². The predicted octanol–water partition coefficient (Wildman–Crippen LogP) is 5.23. The Morgan fingerprint density at radius 1 is 1.00 bits per heavy atom. The fourth-order valence-corrected chi connectivity index (χ4v) is 2.86. The Hall–Kier alpha value is -1.51. The summed E-state index contributed by atoms with van der Waals surface area (Å²) in [6.45, 7) is 6.23. The molecule has 0 saturated carbocycles. The van der Waals surface area contributed by atoms with E-state index in [1.165, 1.54) is 11.1 Å². The smallest absolute Gasteiger partial charge is 0.156 e. The van der Waals surface area contributed by atoms with E-state index in [1.807, 2.05) is 17.5 Å². The number of pyridine rings is 1. The Labute approximate surface area is 128 Å². The molecule has 0 radical (unpaired) electrons. The second-order valence-electron chi connectivity index (χ2n) is 5.04. The van der Waals surface area contributed by atoms with Crippen LogP contribution in [0.1, 0.15) is 16.8 Å². The van der Waals surface area contributed by atoms with Crippen molar-refractivity contribution in [1.29, 1.82) is 0 Å². The van der Waals surface area contributed by atoms with E-state index >= 15 is 0 Å². The first kappa shape index (κ1) is 13.5. The Bertz CT molecular complexity index is 819. The van der Waals surface area contributed by atoms with Gasteiger partial charge >= 0.3 is 0 Å². The van der Waals surface area contributed by atoms with E-state index in [0.717, 1.165) is 22.6 Å². The van der Waals surface area contributed by atoms with Gasteiger partial charge in [-0.3, -0.25) is 0 Å². The van der Waals surface area contributed by atoms with E-state index in [2.05, 4.69) is 37.0 Å². The maximum Gasteiger partial charge on any atom is 0.156 e. The topological polar surface area (TPSA) is 17.3 Å². The molecule has 0 amide bonds. The Kier molecular flexibility index (Phi) is 3.23. The van der Waals surface area contributed by atoms with Crippen LogP contribution in [0.15, 0.2) is 30.5 Å². The molecule has 3 rings (SSSR count). The monoisotopic (exact) mass is 304 g/mol. The molecule has 0 aliphatic rings. The van der Waals surface area contributed by atoms with Crippen LogP contribution in [0.2, 0.25) is 10.0 Å². The van der Waals surface area contributed by atoms with Crippen molar-refractivity contribution >= 4 is 28.8 Å². The molecule has 0 aliphatic carbocycles. The van der Waals surface area contributed by atoms with E-state index in [-0.39, 0.29) is 0 Å². The fourth-order valence-electron chi connectivity index (χ4n) is 2.35. The zero-order valence-electron chi connectivity index (χ0n) is 11.5. The SMILES string of the molecule is Cc1ccc(-c2nc3c(Cl)cc(Cl)cn3c2C)cc1C. The zero-order valence-corrected chi connectivity index (χ0v) is 13.0. The molecule has 4 heteroatoms. The molecule has 0 bridgehead atoms. The molecule has 20 heavy (non-hydrogen) atoms. The summed E-state index contributed by atoms with van der Waals surface area (Å²) in [6, 6.07) is 8.07. The summed E-state index contributed by atoms with van der Waals surface area (Å²) in [4.78, 5) is 4.67. The Balaban J connectivity index is 2.29. The average Bonchev–Trinajstić information content (AvgIpc) is 2.71. The summed E-state index contributed by atoms with van der Waals surface area (Å²) in [5.41, 5.74) is 6.34. The molecule has 102 valence electrons. The number of aryl methyl sites for hydroxylation is 3. The van der Waals surface area contributed by atoms with Gasteiger partial charge < -0.3 is 4.40 Å². The number of aromatic nitrogens is 2. The molecule has 2 heterocycles. The zero-order chi connectivity index (χ0) is 14.4. The lowest BCUT2D eigenvalue weighted by molar-refractivity contribution is 1.11. The van der Waals surface area contributed by atoms with Gasteiger partial charge in [0.2, 0.25) is 0 Å². The number of benzene rings is 1. The largest absolute Gasteiger partial charge is 0.301 e. The minimum atomic E-state index is 0.565. The number of hydrogen-bond acceptors (Lipinski definition) is 1. The third-order valence-electron chi connectivity index (χ3n) is 3.66. The number of fused-ring (bicyclic) bond motifs is 1. The standard InChI is InChI=1S/C16H14Cl2N2/c1-9-4-5-12(6-10(9)2)15-11(3)20-8-13(17)7-14(18)16(20)19-15/h4-8H,1-3H3. The van der Waals surface area contributed by atoms with Crippen LogP contribution in [0.4, 0.5) is 0 Å². The molecule has 0 N–H and O–H groups in total. The van der Waals surface area contributed by atoms with Crippen LogP contribution >= 0.6 is 23.2 Å². The molecule has 2 nitrogen and oxygen atoms in total. The fraction of sp³-hybridized carbons (Fsp3) is 0.188. The van der Waals surface area contributed by atoms with Crippen molar-refractivity contribution in [2.24, 2.45) is 0 Å². The van der Waals surface area contributed by atoms with Gasteiger partial charge in [0.25, 0.3) is 0 Å². The van der Waals surface area contributed by atoms with Crippen molar-refractivity contribution in [3.63, 3.8) is 0 Å². The van der Waals surface area contributed by atoms with Crippen LogP contribution < -0.4 is 0 Å². The molecule has 3 aromatic rings. The molecule has 2 aromatic heterocycles. The number of nitrogens with zero attached hydrogens (tertiary/aromatic N) is 2. The van der Waals surface area contributed by atoms with Crippen LogP contribution in [-0.4, -0.2) is 9.38 Å². The summed E-state index contributed by atoms with van der Waals surface area (Å²) in [5, 5.41) is 1.17. The van der Waals surface area contributed by atoms with E-state index < -0.39 is 0 Å². The predicted molar refractivity (Wildman–Crippen MR) is 84.9 cm³/mol. The van der Waals surface area contributed by atoms with Crippen molar-refractivity contribution in [1.82, 2.24) is 9.38 Å². The van der Waals surface area contributed by atoms with Gasteiger partial charge in [-0.25, -0.2) is 4.98 Å². The Morgan fingerprint density at radius 3 is 2.45 bits per heavy atom. The summed E-state index contributed by atoms with van der Waals surface area (Å²) in [6.07, 6.45) is 1.84. The molecule has 0 spiro atoms. The highest BCUT2D eigenvalue weighted by Gasteiger charge is 2.13. The van der Waals surface area contributed by atoms with E-state index in [4.69, 9.17) is 23.2 Å². The molecule has 0 saturated heterocycles. The maximum atomic E-state index is 6.22. The van der Waals surface area contributed by atoms with Crippen LogP contribution in [0.5, 0.6) is 0 Å². The highest BCUT2D eigenvalue weighted by molar-refractivity contribution is 6.36. The maximum absolute atomic E-state index is 6.22. The highest BCUT2D eigenvalue weighted by atomic mass is 35.5. The van der Waals surface area contributed by atoms with Gasteiger partial charge in [0.05, 0.1) is 15.7 Å².